The van der Waals surface area contributed by atoms with Crippen LogP contribution in [0.3, 0.4) is 0 Å². The van der Waals surface area contributed by atoms with Crippen molar-refractivity contribution in [2.75, 3.05) is 68.0 Å². The third-order valence-corrected chi connectivity index (χ3v) is 16.4. The fraction of sp³-hybridized carbons (Fsp3) is 0.481. The van der Waals surface area contributed by atoms with E-state index in [2.05, 4.69) is 47.8 Å². The van der Waals surface area contributed by atoms with Crippen LogP contribution in [0, 0.1) is 5.41 Å². The van der Waals surface area contributed by atoms with Gasteiger partial charge in [0.2, 0.25) is 11.8 Å². The van der Waals surface area contributed by atoms with Crippen molar-refractivity contribution in [1.29, 1.82) is 0 Å². The lowest BCUT2D eigenvalue weighted by atomic mass is 9.70. The summed E-state index contributed by atoms with van der Waals surface area (Å²) in [6.45, 7) is 4.43. The number of hydrogen-bond acceptors (Lipinski definition) is 12. The van der Waals surface area contributed by atoms with Gasteiger partial charge in [0.05, 0.1) is 41.2 Å². The van der Waals surface area contributed by atoms with Crippen LogP contribution in [-0.4, -0.2) is 127 Å². The summed E-state index contributed by atoms with van der Waals surface area (Å²) in [5.41, 5.74) is 8.93. The van der Waals surface area contributed by atoms with Crippen LogP contribution in [0.5, 0.6) is 0 Å². The molecule has 2 aromatic carbocycles. The Balaban J connectivity index is 0.654. The second-order valence-electron chi connectivity index (χ2n) is 20.7. The number of halogens is 2. The zero-order valence-electron chi connectivity index (χ0n) is 40.2. The maximum Gasteiger partial charge on any atom is 0.329 e. The van der Waals surface area contributed by atoms with Crippen molar-refractivity contribution in [3.8, 4) is 11.3 Å². The number of amides is 3. The van der Waals surface area contributed by atoms with Crippen LogP contribution in [0.2, 0.25) is 0 Å². The second kappa shape index (κ2) is 17.5. The Morgan fingerprint density at radius 3 is 2.39 bits per heavy atom. The molecule has 71 heavy (non-hydrogen) atoms. The van der Waals surface area contributed by atoms with Crippen LogP contribution in [0.25, 0.3) is 27.9 Å². The number of alkyl halides is 2. The van der Waals surface area contributed by atoms with Crippen LogP contribution in [0.1, 0.15) is 85.4 Å². The van der Waals surface area contributed by atoms with E-state index in [0.717, 1.165) is 103 Å². The van der Waals surface area contributed by atoms with Crippen molar-refractivity contribution in [2.24, 2.45) is 12.5 Å². The first-order chi connectivity index (χ1) is 34.3. The Labute approximate surface area is 409 Å². The molecule has 1 spiro atoms. The average molecular weight is 968 g/mol. The lowest BCUT2D eigenvalue weighted by Crippen LogP contribution is -2.60. The Morgan fingerprint density at radius 2 is 1.66 bits per heavy atom. The number of rotatable bonds is 10. The minimum Gasteiger partial charge on any atom is -0.385 e. The monoisotopic (exact) mass is 967 g/mol. The van der Waals surface area contributed by atoms with E-state index >= 15 is 8.78 Å². The highest BCUT2D eigenvalue weighted by Crippen LogP contribution is 2.45. The van der Waals surface area contributed by atoms with Crippen molar-refractivity contribution in [3.63, 3.8) is 0 Å². The Hall–Kier alpha value is -6.73. The van der Waals surface area contributed by atoms with E-state index in [1.165, 1.54) is 4.57 Å². The van der Waals surface area contributed by atoms with Gasteiger partial charge in [-0.25, -0.2) is 23.1 Å². The van der Waals surface area contributed by atoms with Crippen LogP contribution in [0.4, 0.5) is 31.7 Å². The molecule has 19 heteroatoms. The normalized spacial score (nSPS) is 22.6. The number of imidazole rings is 2. The summed E-state index contributed by atoms with van der Waals surface area (Å²) in [6.07, 6.45) is 10.8. The van der Waals surface area contributed by atoms with Gasteiger partial charge in [-0.2, -0.15) is 0 Å². The number of benzene rings is 2. The van der Waals surface area contributed by atoms with Gasteiger partial charge in [-0.1, -0.05) is 18.2 Å². The summed E-state index contributed by atoms with van der Waals surface area (Å²) >= 11 is 0. The average Bonchev–Trinajstić information content (AvgIpc) is 3.80. The van der Waals surface area contributed by atoms with Crippen LogP contribution >= 0.6 is 0 Å². The first kappa shape index (κ1) is 45.4. The molecular formula is C52H59F2N13O4. The van der Waals surface area contributed by atoms with E-state index in [9.17, 15) is 19.2 Å². The number of likely N-dealkylation sites (tertiary alicyclic amines) is 2. The number of imide groups is 1. The van der Waals surface area contributed by atoms with Crippen LogP contribution in [0.15, 0.2) is 71.8 Å². The molecule has 4 saturated heterocycles. The van der Waals surface area contributed by atoms with Crippen LogP contribution < -0.4 is 31.4 Å². The van der Waals surface area contributed by atoms with Gasteiger partial charge in [-0.3, -0.25) is 43.6 Å². The van der Waals surface area contributed by atoms with E-state index in [-0.39, 0.29) is 48.3 Å². The molecular weight excluding hydrogens is 909 g/mol. The number of fused-ring (bicyclic) bond motifs is 3. The predicted molar refractivity (Wildman–Crippen MR) is 265 cm³/mol. The third kappa shape index (κ3) is 8.19. The highest BCUT2D eigenvalue weighted by atomic mass is 19.3. The number of pyridine rings is 1. The van der Waals surface area contributed by atoms with Gasteiger partial charge in [0.25, 0.3) is 11.8 Å². The molecule has 0 radical (unpaired) electrons. The Kier molecular flexibility index (Phi) is 11.2. The number of aryl methyl sites for hydroxylation is 1. The van der Waals surface area contributed by atoms with Gasteiger partial charge >= 0.3 is 5.69 Å². The molecule has 17 nitrogen and oxygen atoms in total. The molecule has 3 amide bonds. The number of nitrogens with one attached hydrogen (secondary N) is 3. The fourth-order valence-corrected chi connectivity index (χ4v) is 12.2. The minimum atomic E-state index is -2.85. The first-order valence-corrected chi connectivity index (χ1v) is 25.2. The van der Waals surface area contributed by atoms with Gasteiger partial charge < -0.3 is 20.4 Å². The lowest BCUT2D eigenvalue weighted by Gasteiger charge is -2.51. The molecule has 6 aliphatic rings. The number of carbonyl (C=O) groups excluding carboxylic acids is 3. The highest BCUT2D eigenvalue weighted by molar-refractivity contribution is 6.00. The van der Waals surface area contributed by atoms with Crippen LogP contribution in [-0.2, 0) is 29.6 Å². The zero-order valence-corrected chi connectivity index (χ0v) is 40.2. The first-order valence-electron chi connectivity index (χ1n) is 25.2. The van der Waals surface area contributed by atoms with Gasteiger partial charge in [0.1, 0.15) is 6.04 Å². The molecule has 5 aliphatic heterocycles. The molecule has 2 atom stereocenters. The lowest BCUT2D eigenvalue weighted by molar-refractivity contribution is -0.138. The number of aromatic nitrogens is 6. The molecule has 12 rings (SSSR count). The van der Waals surface area contributed by atoms with Gasteiger partial charge in [-0.05, 0) is 118 Å². The van der Waals surface area contributed by atoms with Crippen molar-refractivity contribution >= 4 is 57.3 Å². The molecule has 2 unspecified atom stereocenters. The third-order valence-electron chi connectivity index (χ3n) is 16.4. The SMILES string of the molecule is CNc1cc(N2CCc3c(-c4ccc(CN5CCC(N6CCC7(CCN(c8ccc9c(c8)n(C)c(=O)n9C8CCC(=O)NC8=O)CC7)CC6)C(F)(F)C5)cn4)cccc32)nn2c(C(=O)NC3CC3)cnc12. The smallest absolute Gasteiger partial charge is 0.329 e. The predicted octanol–water partition coefficient (Wildman–Crippen LogP) is 5.64. The molecule has 370 valence electrons. The van der Waals surface area contributed by atoms with E-state index in [1.54, 1.807) is 22.3 Å². The number of anilines is 4. The van der Waals surface area contributed by atoms with Crippen molar-refractivity contribution in [2.45, 2.75) is 94.8 Å². The van der Waals surface area contributed by atoms with E-state index in [4.69, 9.17) is 10.1 Å². The maximum atomic E-state index is 16.2. The Bertz CT molecular complexity index is 3140. The van der Waals surface area contributed by atoms with Gasteiger partial charge in [-0.15, -0.1) is 5.10 Å². The number of nitrogens with zero attached hydrogens (tertiary/aromatic N) is 10. The summed E-state index contributed by atoms with van der Waals surface area (Å²) in [5, 5.41) is 13.6. The standard InChI is InChI=1S/C52H59F2N13O4/c1-55-38-27-45(60-67-43(29-57-47(38)67)49(70)58-33-7-8-33)65-21-14-36-35(4-3-5-39(36)65)37-10-6-32(28-56-37)30-62-20-15-44(52(53,54)31-62)64-24-18-51(19-25-64)16-22-63(23-17-51)34-9-11-40-42(26-34)61(2)50(71)66(40)41-12-13-46(68)59-48(41)69/h3-6,9-11,26-29,33,41,44,55H,7-8,12-25,30-31H2,1-2H3,(H,58,70)(H,59,68,69). The van der Waals surface area contributed by atoms with E-state index < -0.39 is 23.9 Å². The van der Waals surface area contributed by atoms with E-state index in [0.29, 0.717) is 61.8 Å². The number of carbonyl (C=O) groups is 3. The Morgan fingerprint density at radius 1 is 0.859 bits per heavy atom. The van der Waals surface area contributed by atoms with Crippen molar-refractivity contribution in [3.05, 3.63) is 94.3 Å². The number of hydrogen-bond donors (Lipinski definition) is 3. The quantitative estimate of drug-likeness (QED) is 0.145. The second-order valence-corrected chi connectivity index (χ2v) is 20.7. The summed E-state index contributed by atoms with van der Waals surface area (Å²) < 4.78 is 37.0. The van der Waals surface area contributed by atoms with Gasteiger partial charge in [0, 0.05) is 88.5 Å². The zero-order chi connectivity index (χ0) is 48.8. The van der Waals surface area contributed by atoms with Crippen molar-refractivity contribution < 1.29 is 23.2 Å². The summed E-state index contributed by atoms with van der Waals surface area (Å²) in [7, 11) is 3.54. The topological polar surface area (TPSA) is 170 Å². The molecule has 1 saturated carbocycles. The molecule has 9 heterocycles. The maximum absolute atomic E-state index is 16.2. The minimum absolute atomic E-state index is 0.121. The summed E-state index contributed by atoms with van der Waals surface area (Å²) in [5.74, 6) is -3.09. The molecule has 0 bridgehead atoms. The molecule has 5 fully saturated rings. The largest absolute Gasteiger partial charge is 0.385 e. The molecule has 3 N–H and O–H groups in total. The summed E-state index contributed by atoms with van der Waals surface area (Å²) in [4.78, 5) is 68.7. The number of piperidine rings is 4. The van der Waals surface area contributed by atoms with E-state index in [1.807, 2.05) is 60.6 Å². The highest BCUT2D eigenvalue weighted by Gasteiger charge is 2.49. The molecule has 4 aromatic heterocycles. The van der Waals surface area contributed by atoms with Gasteiger partial charge in [0.15, 0.2) is 17.2 Å². The fourth-order valence-electron chi connectivity index (χ4n) is 12.2. The molecule has 1 aliphatic carbocycles. The molecule has 6 aromatic rings. The van der Waals surface area contributed by atoms with Crippen molar-refractivity contribution in [1.82, 2.24) is 49.1 Å². The summed E-state index contributed by atoms with van der Waals surface area (Å²) in [6, 6.07) is 16.8.